The van der Waals surface area contributed by atoms with Gasteiger partial charge in [0.2, 0.25) is 0 Å². The predicted molar refractivity (Wildman–Crippen MR) is 74.0 cm³/mol. The number of unbranched alkanes of at least 4 members (excludes halogenated alkanes) is 1. The van der Waals surface area contributed by atoms with E-state index in [9.17, 15) is 8.42 Å². The lowest BCUT2D eigenvalue weighted by Crippen LogP contribution is -2.18. The van der Waals surface area contributed by atoms with E-state index >= 15 is 0 Å². The van der Waals surface area contributed by atoms with E-state index in [1.807, 2.05) is 6.92 Å². The molecule has 0 amide bonds. The Hall–Kier alpha value is -1.10. The molecule has 0 fully saturated rings. The lowest BCUT2D eigenvalue weighted by Gasteiger charge is -2.14. The van der Waals surface area contributed by atoms with Gasteiger partial charge >= 0.3 is 0 Å². The average molecular weight is 270 g/mol. The molecule has 5 heteroatoms. The van der Waals surface area contributed by atoms with Crippen molar-refractivity contribution in [2.75, 3.05) is 11.5 Å². The zero-order valence-corrected chi connectivity index (χ0v) is 11.9. The van der Waals surface area contributed by atoms with Crippen molar-refractivity contribution in [2.24, 2.45) is 5.92 Å². The van der Waals surface area contributed by atoms with Crippen molar-refractivity contribution < 1.29 is 8.42 Å². The third-order valence-electron chi connectivity index (χ3n) is 3.09. The third kappa shape index (κ3) is 3.98. The van der Waals surface area contributed by atoms with E-state index in [0.717, 1.165) is 25.7 Å². The third-order valence-corrected chi connectivity index (χ3v) is 4.93. The van der Waals surface area contributed by atoms with Gasteiger partial charge in [0.15, 0.2) is 14.9 Å². The van der Waals surface area contributed by atoms with Crippen LogP contribution in [0.5, 0.6) is 0 Å². The summed E-state index contributed by atoms with van der Waals surface area (Å²) in [5.41, 5.74) is 5.92. The summed E-state index contributed by atoms with van der Waals surface area (Å²) in [5, 5.41) is 0.0277. The first-order valence-corrected chi connectivity index (χ1v) is 8.09. The summed E-state index contributed by atoms with van der Waals surface area (Å²) in [7, 11) is -3.37. The number of hydrogen-bond donors (Lipinski definition) is 1. The minimum Gasteiger partial charge on any atom is -0.396 e. The Morgan fingerprint density at radius 2 is 2.11 bits per heavy atom. The number of rotatable bonds is 7. The second-order valence-corrected chi connectivity index (χ2v) is 6.55. The molecule has 0 spiro atoms. The van der Waals surface area contributed by atoms with Gasteiger partial charge < -0.3 is 5.73 Å². The van der Waals surface area contributed by atoms with Gasteiger partial charge in [0, 0.05) is 6.20 Å². The zero-order chi connectivity index (χ0) is 13.6. The van der Waals surface area contributed by atoms with E-state index in [1.54, 1.807) is 12.1 Å². The van der Waals surface area contributed by atoms with E-state index in [1.165, 1.54) is 6.20 Å². The van der Waals surface area contributed by atoms with Crippen LogP contribution in [0.25, 0.3) is 0 Å². The molecule has 1 aromatic heterocycles. The molecule has 2 N–H and O–H groups in total. The highest BCUT2D eigenvalue weighted by molar-refractivity contribution is 7.91. The fraction of sp³-hybridized carbons (Fsp3) is 0.615. The van der Waals surface area contributed by atoms with Gasteiger partial charge in [-0.2, -0.15) is 0 Å². The van der Waals surface area contributed by atoms with Crippen LogP contribution in [-0.2, 0) is 9.84 Å². The molecule has 4 nitrogen and oxygen atoms in total. The summed E-state index contributed by atoms with van der Waals surface area (Å²) >= 11 is 0. The Balaban J connectivity index is 2.84. The van der Waals surface area contributed by atoms with Gasteiger partial charge in [-0.25, -0.2) is 13.4 Å². The highest BCUT2D eigenvalue weighted by atomic mass is 32.2. The average Bonchev–Trinajstić information content (AvgIpc) is 2.34. The maximum absolute atomic E-state index is 12.2. The minimum atomic E-state index is -3.37. The molecular formula is C13H22N2O2S. The molecule has 0 saturated carbocycles. The van der Waals surface area contributed by atoms with Gasteiger partial charge in [-0.15, -0.1) is 0 Å². The number of anilines is 1. The van der Waals surface area contributed by atoms with Gasteiger partial charge in [0.1, 0.15) is 0 Å². The fourth-order valence-electron chi connectivity index (χ4n) is 1.95. The van der Waals surface area contributed by atoms with E-state index in [2.05, 4.69) is 11.9 Å². The van der Waals surface area contributed by atoms with Crippen molar-refractivity contribution in [1.82, 2.24) is 4.98 Å². The molecule has 0 aliphatic heterocycles. The first kappa shape index (κ1) is 15.0. The minimum absolute atomic E-state index is 0.0277. The number of aromatic nitrogens is 1. The Labute approximate surface area is 110 Å². The topological polar surface area (TPSA) is 73.0 Å². The quantitative estimate of drug-likeness (QED) is 0.826. The van der Waals surface area contributed by atoms with Crippen LogP contribution >= 0.6 is 0 Å². The number of sulfone groups is 1. The molecule has 0 saturated heterocycles. The number of nitrogens with zero attached hydrogens (tertiary/aromatic N) is 1. The maximum Gasteiger partial charge on any atom is 0.197 e. The largest absolute Gasteiger partial charge is 0.396 e. The van der Waals surface area contributed by atoms with Crippen LogP contribution in [-0.4, -0.2) is 19.2 Å². The van der Waals surface area contributed by atoms with Crippen LogP contribution in [0.1, 0.15) is 39.5 Å². The van der Waals surface area contributed by atoms with E-state index < -0.39 is 9.84 Å². The van der Waals surface area contributed by atoms with Gasteiger partial charge in [-0.3, -0.25) is 0 Å². The molecule has 0 aliphatic rings. The van der Waals surface area contributed by atoms with Crippen LogP contribution < -0.4 is 5.73 Å². The summed E-state index contributed by atoms with van der Waals surface area (Å²) in [4.78, 5) is 3.90. The molecule has 0 bridgehead atoms. The highest BCUT2D eigenvalue weighted by Gasteiger charge is 2.23. The van der Waals surface area contributed by atoms with Gasteiger partial charge in [-0.05, 0) is 24.5 Å². The Bertz CT molecular complexity index is 472. The second-order valence-electron chi connectivity index (χ2n) is 4.60. The summed E-state index contributed by atoms with van der Waals surface area (Å²) in [6, 6.07) is 3.22. The van der Waals surface area contributed by atoms with Crippen LogP contribution in [0.3, 0.4) is 0 Å². The molecular weight excluding hydrogens is 248 g/mol. The maximum atomic E-state index is 12.2. The molecule has 1 rings (SSSR count). The van der Waals surface area contributed by atoms with Crippen molar-refractivity contribution >= 4 is 15.5 Å². The van der Waals surface area contributed by atoms with E-state index in [-0.39, 0.29) is 22.4 Å². The predicted octanol–water partition coefficient (Wildman–Crippen LogP) is 2.65. The molecule has 1 unspecified atom stereocenters. The monoisotopic (exact) mass is 270 g/mol. The normalized spacial score (nSPS) is 13.4. The van der Waals surface area contributed by atoms with Crippen LogP contribution in [0.4, 0.5) is 5.69 Å². The number of pyridine rings is 1. The molecule has 18 heavy (non-hydrogen) atoms. The van der Waals surface area contributed by atoms with Crippen LogP contribution in [0.15, 0.2) is 23.4 Å². The smallest absolute Gasteiger partial charge is 0.197 e. The van der Waals surface area contributed by atoms with Crippen molar-refractivity contribution in [3.63, 3.8) is 0 Å². The van der Waals surface area contributed by atoms with Gasteiger partial charge in [0.05, 0.1) is 11.4 Å². The lowest BCUT2D eigenvalue weighted by atomic mass is 10.0. The molecule has 0 radical (unpaired) electrons. The van der Waals surface area contributed by atoms with Crippen molar-refractivity contribution in [3.05, 3.63) is 18.3 Å². The molecule has 1 heterocycles. The molecule has 1 atom stereocenters. The fourth-order valence-corrected chi connectivity index (χ4v) is 3.78. The van der Waals surface area contributed by atoms with Gasteiger partial charge in [0.25, 0.3) is 0 Å². The highest BCUT2D eigenvalue weighted by Crippen LogP contribution is 2.22. The van der Waals surface area contributed by atoms with Crippen molar-refractivity contribution in [3.8, 4) is 0 Å². The first-order chi connectivity index (χ1) is 8.51. The first-order valence-electron chi connectivity index (χ1n) is 6.44. The number of nitrogens with two attached hydrogens (primary N) is 1. The van der Waals surface area contributed by atoms with E-state index in [0.29, 0.717) is 0 Å². The second kappa shape index (κ2) is 6.73. The molecule has 0 aromatic carbocycles. The summed E-state index contributed by atoms with van der Waals surface area (Å²) < 4.78 is 24.5. The Morgan fingerprint density at radius 3 is 2.67 bits per heavy atom. The molecule has 102 valence electrons. The summed E-state index contributed by atoms with van der Waals surface area (Å²) in [5.74, 6) is 0.335. The SMILES string of the molecule is CCCCC(CC)CS(=O)(=O)c1ncccc1N. The summed E-state index contributed by atoms with van der Waals surface area (Å²) in [6.07, 6.45) is 5.43. The van der Waals surface area contributed by atoms with Crippen LogP contribution in [0, 0.1) is 5.92 Å². The van der Waals surface area contributed by atoms with Crippen molar-refractivity contribution in [1.29, 1.82) is 0 Å². The van der Waals surface area contributed by atoms with Crippen LogP contribution in [0.2, 0.25) is 0 Å². The zero-order valence-electron chi connectivity index (χ0n) is 11.1. The van der Waals surface area contributed by atoms with Gasteiger partial charge in [-0.1, -0.05) is 33.1 Å². The lowest BCUT2D eigenvalue weighted by molar-refractivity contribution is 0.483. The number of hydrogen-bond acceptors (Lipinski definition) is 4. The Kier molecular flexibility index (Phi) is 5.59. The standard InChI is InChI=1S/C13H22N2O2S/c1-3-5-7-11(4-2)10-18(16,17)13-12(14)8-6-9-15-13/h6,8-9,11H,3-5,7,10,14H2,1-2H3. The van der Waals surface area contributed by atoms with Crippen molar-refractivity contribution in [2.45, 2.75) is 44.6 Å². The number of nitrogen functional groups attached to an aromatic ring is 1. The molecule has 0 aliphatic carbocycles. The van der Waals surface area contributed by atoms with E-state index in [4.69, 9.17) is 5.73 Å². The summed E-state index contributed by atoms with van der Waals surface area (Å²) in [6.45, 7) is 4.13. The Morgan fingerprint density at radius 1 is 1.39 bits per heavy atom. The molecule has 1 aromatic rings.